The van der Waals surface area contributed by atoms with E-state index in [2.05, 4.69) is 130 Å². The lowest BCUT2D eigenvalue weighted by Gasteiger charge is -2.18. The number of ether oxygens (including phenoxy) is 3. The summed E-state index contributed by atoms with van der Waals surface area (Å²) in [6, 6.07) is 0. The molecule has 0 fully saturated rings. The van der Waals surface area contributed by atoms with Crippen molar-refractivity contribution in [1.82, 2.24) is 0 Å². The molecule has 0 aliphatic carbocycles. The van der Waals surface area contributed by atoms with E-state index in [9.17, 15) is 14.4 Å². The minimum atomic E-state index is -0.793. The maximum Gasteiger partial charge on any atom is 0.306 e. The van der Waals surface area contributed by atoms with Crippen LogP contribution < -0.4 is 0 Å². The van der Waals surface area contributed by atoms with Gasteiger partial charge >= 0.3 is 17.9 Å². The number of hydrogen-bond donors (Lipinski definition) is 0. The van der Waals surface area contributed by atoms with Gasteiger partial charge in [0.1, 0.15) is 13.2 Å². The van der Waals surface area contributed by atoms with Crippen LogP contribution in [0.4, 0.5) is 0 Å². The number of allylic oxidation sites excluding steroid dienone is 18. The number of carbonyl (C=O) groups excluding carboxylic acids is 3. The molecular formula is C75H128O6. The Morgan fingerprint density at radius 2 is 0.481 bits per heavy atom. The third kappa shape index (κ3) is 66.8. The second-order valence-electron chi connectivity index (χ2n) is 22.7. The molecule has 6 nitrogen and oxygen atoms in total. The van der Waals surface area contributed by atoms with E-state index in [1.165, 1.54) is 173 Å². The zero-order valence-corrected chi connectivity index (χ0v) is 53.3. The van der Waals surface area contributed by atoms with Gasteiger partial charge in [0.15, 0.2) is 6.10 Å². The van der Waals surface area contributed by atoms with Crippen molar-refractivity contribution in [2.75, 3.05) is 13.2 Å². The zero-order valence-electron chi connectivity index (χ0n) is 53.3. The summed E-state index contributed by atoms with van der Waals surface area (Å²) in [5, 5.41) is 0. The van der Waals surface area contributed by atoms with Crippen molar-refractivity contribution >= 4 is 17.9 Å². The lowest BCUT2D eigenvalue weighted by atomic mass is 10.1. The average Bonchev–Trinajstić information content (AvgIpc) is 3.47. The molecule has 464 valence electrons. The molecular weight excluding hydrogens is 997 g/mol. The van der Waals surface area contributed by atoms with Crippen molar-refractivity contribution in [3.63, 3.8) is 0 Å². The summed E-state index contributed by atoms with van der Waals surface area (Å²) in [5.41, 5.74) is 0. The molecule has 81 heavy (non-hydrogen) atoms. The molecule has 1 unspecified atom stereocenters. The first-order valence-corrected chi connectivity index (χ1v) is 34.4. The maximum absolute atomic E-state index is 12.9. The van der Waals surface area contributed by atoms with Gasteiger partial charge in [-0.15, -0.1) is 0 Å². The van der Waals surface area contributed by atoms with Crippen LogP contribution in [0, 0.1) is 0 Å². The van der Waals surface area contributed by atoms with Gasteiger partial charge in [0.05, 0.1) is 0 Å². The molecule has 0 bridgehead atoms. The van der Waals surface area contributed by atoms with E-state index in [4.69, 9.17) is 14.2 Å². The normalized spacial score (nSPS) is 12.8. The summed E-state index contributed by atoms with van der Waals surface area (Å²) in [7, 11) is 0. The summed E-state index contributed by atoms with van der Waals surface area (Å²) >= 11 is 0. The highest BCUT2D eigenvalue weighted by Gasteiger charge is 2.19. The molecule has 0 aromatic carbocycles. The quantitative estimate of drug-likeness (QED) is 0.0261. The van der Waals surface area contributed by atoms with Crippen LogP contribution in [0.3, 0.4) is 0 Å². The van der Waals surface area contributed by atoms with E-state index in [-0.39, 0.29) is 31.1 Å². The van der Waals surface area contributed by atoms with Gasteiger partial charge in [-0.3, -0.25) is 14.4 Å². The summed E-state index contributed by atoms with van der Waals surface area (Å²) < 4.78 is 17.0. The van der Waals surface area contributed by atoms with Crippen molar-refractivity contribution < 1.29 is 28.6 Å². The van der Waals surface area contributed by atoms with E-state index in [1.807, 2.05) is 0 Å². The molecule has 0 saturated carbocycles. The van der Waals surface area contributed by atoms with Gasteiger partial charge in [0, 0.05) is 19.3 Å². The lowest BCUT2D eigenvalue weighted by molar-refractivity contribution is -0.167. The standard InChI is InChI=1S/C75H128O6/c1-4-7-10-13-16-19-22-25-28-31-34-35-36-37-38-39-42-44-47-50-53-56-59-62-65-68-74(77)80-71-72(81-75(78)69-66-63-60-57-54-51-48-45-41-33-30-27-24-21-18-15-12-9-6-3)70-79-73(76)67-64-61-58-55-52-49-46-43-40-32-29-26-23-20-17-14-11-8-5-2/h9,12,17-18,20-22,25-27,29-31,34,36-37,41,45,72H,4-8,10-11,13-16,19,23-24,28,32-33,35,38-40,42-44,46-71H2,1-3H3/b12-9-,20-17-,21-18-,25-22-,29-26-,30-27-,34-31-,37-36-,45-41-. The van der Waals surface area contributed by atoms with Gasteiger partial charge in [-0.25, -0.2) is 0 Å². The Morgan fingerprint density at radius 1 is 0.259 bits per heavy atom. The number of carbonyl (C=O) groups is 3. The van der Waals surface area contributed by atoms with Gasteiger partial charge in [0.25, 0.3) is 0 Å². The topological polar surface area (TPSA) is 78.9 Å². The summed E-state index contributed by atoms with van der Waals surface area (Å²) in [5.74, 6) is -0.898. The maximum atomic E-state index is 12.9. The molecule has 0 radical (unpaired) electrons. The zero-order chi connectivity index (χ0) is 58.5. The first-order valence-electron chi connectivity index (χ1n) is 34.4. The van der Waals surface area contributed by atoms with Crippen molar-refractivity contribution in [3.05, 3.63) is 109 Å². The van der Waals surface area contributed by atoms with Crippen molar-refractivity contribution in [2.45, 2.75) is 335 Å². The Bertz CT molecular complexity index is 1620. The van der Waals surface area contributed by atoms with Crippen LogP contribution in [0.15, 0.2) is 109 Å². The fraction of sp³-hybridized carbons (Fsp3) is 0.720. The molecule has 0 heterocycles. The van der Waals surface area contributed by atoms with Crippen LogP contribution in [0.1, 0.15) is 329 Å². The Labute approximate surface area is 501 Å². The van der Waals surface area contributed by atoms with Crippen LogP contribution in [0.2, 0.25) is 0 Å². The van der Waals surface area contributed by atoms with Gasteiger partial charge in [-0.2, -0.15) is 0 Å². The third-order valence-electron chi connectivity index (χ3n) is 14.7. The molecule has 0 rings (SSSR count). The first-order chi connectivity index (χ1) is 40.0. The van der Waals surface area contributed by atoms with Crippen LogP contribution in [0.5, 0.6) is 0 Å². The Morgan fingerprint density at radius 3 is 0.778 bits per heavy atom. The van der Waals surface area contributed by atoms with Crippen LogP contribution in [0.25, 0.3) is 0 Å². The second-order valence-corrected chi connectivity index (χ2v) is 22.7. The minimum Gasteiger partial charge on any atom is -0.462 e. The summed E-state index contributed by atoms with van der Waals surface area (Å²) in [6.07, 6.45) is 93.8. The van der Waals surface area contributed by atoms with Gasteiger partial charge in [-0.1, -0.05) is 291 Å². The third-order valence-corrected chi connectivity index (χ3v) is 14.7. The molecule has 0 spiro atoms. The molecule has 0 aromatic heterocycles. The Kier molecular flexibility index (Phi) is 65.2. The Hall–Kier alpha value is -3.93. The average molecular weight is 1130 g/mol. The van der Waals surface area contributed by atoms with Gasteiger partial charge in [0.2, 0.25) is 0 Å². The summed E-state index contributed by atoms with van der Waals surface area (Å²) in [6.45, 7) is 6.51. The van der Waals surface area contributed by atoms with E-state index in [1.54, 1.807) is 0 Å². The molecule has 0 N–H and O–H groups in total. The monoisotopic (exact) mass is 1120 g/mol. The van der Waals surface area contributed by atoms with Gasteiger partial charge in [-0.05, 0) is 128 Å². The molecule has 0 amide bonds. The highest BCUT2D eigenvalue weighted by molar-refractivity contribution is 5.71. The van der Waals surface area contributed by atoms with E-state index >= 15 is 0 Å². The van der Waals surface area contributed by atoms with Crippen LogP contribution in [-0.2, 0) is 28.6 Å². The highest BCUT2D eigenvalue weighted by atomic mass is 16.6. The predicted molar refractivity (Wildman–Crippen MR) is 353 cm³/mol. The highest BCUT2D eigenvalue weighted by Crippen LogP contribution is 2.16. The minimum absolute atomic E-state index is 0.0875. The smallest absolute Gasteiger partial charge is 0.306 e. The number of unbranched alkanes of at least 4 members (excludes halogenated alkanes) is 33. The fourth-order valence-electron chi connectivity index (χ4n) is 9.59. The second kappa shape index (κ2) is 68.6. The number of hydrogen-bond acceptors (Lipinski definition) is 6. The molecule has 6 heteroatoms. The number of rotatable bonds is 62. The van der Waals surface area contributed by atoms with E-state index in [0.717, 1.165) is 116 Å². The molecule has 1 atom stereocenters. The summed E-state index contributed by atoms with van der Waals surface area (Å²) in [4.78, 5) is 38.5. The molecule has 0 saturated heterocycles. The predicted octanol–water partition coefficient (Wildman–Crippen LogP) is 23.8. The Balaban J connectivity index is 4.40. The SMILES string of the molecule is CC/C=C\C/C=C\C/C=C\C/C=C\CCCCCCCCC(=O)OC(COC(=O)CCCCCCCCCCC/C=C\C/C=C\CCCCC)COC(=O)CCCCCCCCCCCC/C=C\C/C=C\C/C=C\CCCCCCC. The lowest BCUT2D eigenvalue weighted by Crippen LogP contribution is -2.30. The largest absolute Gasteiger partial charge is 0.462 e. The van der Waals surface area contributed by atoms with Crippen LogP contribution in [-0.4, -0.2) is 37.2 Å². The van der Waals surface area contributed by atoms with Crippen molar-refractivity contribution in [3.8, 4) is 0 Å². The van der Waals surface area contributed by atoms with E-state index in [0.29, 0.717) is 19.3 Å². The molecule has 0 aliphatic rings. The number of esters is 3. The molecule has 0 aromatic rings. The fourth-order valence-corrected chi connectivity index (χ4v) is 9.59. The van der Waals surface area contributed by atoms with Gasteiger partial charge < -0.3 is 14.2 Å². The van der Waals surface area contributed by atoms with Crippen molar-refractivity contribution in [1.29, 1.82) is 0 Å². The molecule has 0 aliphatic heterocycles. The van der Waals surface area contributed by atoms with Crippen LogP contribution >= 0.6 is 0 Å². The van der Waals surface area contributed by atoms with E-state index < -0.39 is 6.10 Å². The van der Waals surface area contributed by atoms with Crippen molar-refractivity contribution in [2.24, 2.45) is 0 Å². The first kappa shape index (κ1) is 77.1.